The van der Waals surface area contributed by atoms with Crippen molar-refractivity contribution >= 4 is 17.6 Å². The zero-order chi connectivity index (χ0) is 13.8. The van der Waals surface area contributed by atoms with E-state index >= 15 is 0 Å². The first-order valence-corrected chi connectivity index (χ1v) is 6.36. The van der Waals surface area contributed by atoms with Gasteiger partial charge in [-0.2, -0.15) is 0 Å². The molecule has 2 N–H and O–H groups in total. The van der Waals surface area contributed by atoms with Crippen LogP contribution < -0.4 is 5.32 Å². The predicted molar refractivity (Wildman–Crippen MR) is 73.2 cm³/mol. The number of carboxylic acid groups (broad SMARTS) is 1. The maximum atomic E-state index is 11.8. The second-order valence-corrected chi connectivity index (χ2v) is 4.85. The van der Waals surface area contributed by atoms with E-state index in [1.807, 2.05) is 0 Å². The first-order valence-electron chi connectivity index (χ1n) is 6.36. The van der Waals surface area contributed by atoms with Crippen LogP contribution in [0.5, 0.6) is 0 Å². The molecular weight excluding hydrogens is 242 g/mol. The summed E-state index contributed by atoms with van der Waals surface area (Å²) in [6.45, 7) is 1.72. The zero-order valence-corrected chi connectivity index (χ0v) is 10.8. The van der Waals surface area contributed by atoms with Crippen LogP contribution in [0.25, 0.3) is 0 Å². The number of benzene rings is 1. The van der Waals surface area contributed by atoms with Crippen LogP contribution in [-0.4, -0.2) is 17.0 Å². The fourth-order valence-corrected chi connectivity index (χ4v) is 2.30. The summed E-state index contributed by atoms with van der Waals surface area (Å²) in [4.78, 5) is 22.7. The smallest absolute Gasteiger partial charge is 0.335 e. The van der Waals surface area contributed by atoms with Gasteiger partial charge in [-0.25, -0.2) is 4.79 Å². The molecule has 19 heavy (non-hydrogen) atoms. The molecular formula is C15H17NO3. The summed E-state index contributed by atoms with van der Waals surface area (Å²) in [5, 5.41) is 11.7. The van der Waals surface area contributed by atoms with Gasteiger partial charge in [0.2, 0.25) is 5.91 Å². The standard InChI is InChI=1S/C15H17NO3/c1-10-8-12(6-7-13(10)15(18)19)16-14(17)9-11-4-2-3-5-11/h2,4,6-8,11H,3,5,9H2,1H3,(H,16,17)(H,18,19). The highest BCUT2D eigenvalue weighted by atomic mass is 16.4. The Balaban J connectivity index is 1.98. The molecule has 2 rings (SSSR count). The van der Waals surface area contributed by atoms with E-state index in [0.29, 0.717) is 23.6 Å². The number of allylic oxidation sites excluding steroid dienone is 2. The molecule has 4 nitrogen and oxygen atoms in total. The normalized spacial score (nSPS) is 17.4. The highest BCUT2D eigenvalue weighted by molar-refractivity contribution is 5.93. The van der Waals surface area contributed by atoms with Gasteiger partial charge in [-0.3, -0.25) is 4.79 Å². The number of carbonyl (C=O) groups is 2. The van der Waals surface area contributed by atoms with Crippen molar-refractivity contribution in [3.05, 3.63) is 41.5 Å². The van der Waals surface area contributed by atoms with Crippen LogP contribution in [0.3, 0.4) is 0 Å². The summed E-state index contributed by atoms with van der Waals surface area (Å²) in [6, 6.07) is 4.83. The lowest BCUT2D eigenvalue weighted by atomic mass is 10.0. The molecule has 1 aromatic carbocycles. The minimum atomic E-state index is -0.952. The molecule has 1 aliphatic rings. The average molecular weight is 259 g/mol. The van der Waals surface area contributed by atoms with Gasteiger partial charge >= 0.3 is 5.97 Å². The van der Waals surface area contributed by atoms with E-state index in [9.17, 15) is 9.59 Å². The first kappa shape index (κ1) is 13.3. The first-order chi connectivity index (χ1) is 9.06. The molecule has 0 saturated carbocycles. The zero-order valence-electron chi connectivity index (χ0n) is 10.8. The Morgan fingerprint density at radius 2 is 2.21 bits per heavy atom. The number of aromatic carboxylic acids is 1. The topological polar surface area (TPSA) is 66.4 Å². The lowest BCUT2D eigenvalue weighted by Crippen LogP contribution is -2.15. The number of rotatable bonds is 4. The molecule has 0 saturated heterocycles. The Hall–Kier alpha value is -2.10. The Morgan fingerprint density at radius 1 is 1.42 bits per heavy atom. The van der Waals surface area contributed by atoms with Crippen molar-refractivity contribution in [1.29, 1.82) is 0 Å². The number of carboxylic acids is 1. The predicted octanol–water partition coefficient (Wildman–Crippen LogP) is 2.99. The minimum absolute atomic E-state index is 0.0287. The van der Waals surface area contributed by atoms with Crippen LogP contribution >= 0.6 is 0 Å². The van der Waals surface area contributed by atoms with E-state index in [4.69, 9.17) is 5.11 Å². The van der Waals surface area contributed by atoms with E-state index < -0.39 is 5.97 Å². The summed E-state index contributed by atoms with van der Waals surface area (Å²) in [7, 11) is 0. The highest BCUT2D eigenvalue weighted by Gasteiger charge is 2.14. The van der Waals surface area contributed by atoms with Crippen LogP contribution in [0.15, 0.2) is 30.4 Å². The molecule has 0 aliphatic heterocycles. The van der Waals surface area contributed by atoms with Gasteiger partial charge in [0.15, 0.2) is 0 Å². The second-order valence-electron chi connectivity index (χ2n) is 4.85. The Kier molecular flexibility index (Phi) is 4.00. The van der Waals surface area contributed by atoms with Gasteiger partial charge in [-0.1, -0.05) is 12.2 Å². The summed E-state index contributed by atoms with van der Waals surface area (Å²) < 4.78 is 0. The maximum absolute atomic E-state index is 11.8. The number of hydrogen-bond donors (Lipinski definition) is 2. The largest absolute Gasteiger partial charge is 0.478 e. The maximum Gasteiger partial charge on any atom is 0.335 e. The number of carbonyl (C=O) groups excluding carboxylic acids is 1. The van der Waals surface area contributed by atoms with Crippen LogP contribution in [-0.2, 0) is 4.79 Å². The van der Waals surface area contributed by atoms with Crippen molar-refractivity contribution in [1.82, 2.24) is 0 Å². The van der Waals surface area contributed by atoms with Crippen molar-refractivity contribution in [2.45, 2.75) is 26.2 Å². The summed E-state index contributed by atoms with van der Waals surface area (Å²) >= 11 is 0. The van der Waals surface area contributed by atoms with Crippen molar-refractivity contribution in [2.24, 2.45) is 5.92 Å². The summed E-state index contributed by atoms with van der Waals surface area (Å²) in [5.41, 5.74) is 1.55. The van der Waals surface area contributed by atoms with Gasteiger partial charge in [0.25, 0.3) is 0 Å². The van der Waals surface area contributed by atoms with Crippen LogP contribution in [0.2, 0.25) is 0 Å². The van der Waals surface area contributed by atoms with E-state index in [-0.39, 0.29) is 11.5 Å². The summed E-state index contributed by atoms with van der Waals surface area (Å²) in [5.74, 6) is -0.648. The Morgan fingerprint density at radius 3 is 2.79 bits per heavy atom. The fraction of sp³-hybridized carbons (Fsp3) is 0.333. The SMILES string of the molecule is Cc1cc(NC(=O)CC2C=CCC2)ccc1C(=O)O. The molecule has 1 aliphatic carbocycles. The van der Waals surface area contributed by atoms with Gasteiger partial charge in [0.1, 0.15) is 0 Å². The van der Waals surface area contributed by atoms with Crippen LogP contribution in [0, 0.1) is 12.8 Å². The number of amides is 1. The molecule has 0 aromatic heterocycles. The molecule has 0 heterocycles. The average Bonchev–Trinajstić information content (AvgIpc) is 2.81. The van der Waals surface area contributed by atoms with Gasteiger partial charge in [0.05, 0.1) is 5.56 Å². The lowest BCUT2D eigenvalue weighted by molar-refractivity contribution is -0.116. The van der Waals surface area contributed by atoms with Gasteiger partial charge < -0.3 is 10.4 Å². The van der Waals surface area contributed by atoms with Gasteiger partial charge in [0, 0.05) is 12.1 Å². The molecule has 1 unspecified atom stereocenters. The number of nitrogens with one attached hydrogen (secondary N) is 1. The van der Waals surface area contributed by atoms with Crippen molar-refractivity contribution in [3.8, 4) is 0 Å². The molecule has 1 aromatic rings. The molecule has 0 spiro atoms. The van der Waals surface area contributed by atoms with E-state index in [0.717, 1.165) is 12.8 Å². The fourth-order valence-electron chi connectivity index (χ4n) is 2.30. The molecule has 0 bridgehead atoms. The van der Waals surface area contributed by atoms with E-state index in [1.165, 1.54) is 6.07 Å². The summed E-state index contributed by atoms with van der Waals surface area (Å²) in [6.07, 6.45) is 6.74. The van der Waals surface area contributed by atoms with Crippen LogP contribution in [0.1, 0.15) is 35.2 Å². The van der Waals surface area contributed by atoms with E-state index in [2.05, 4.69) is 17.5 Å². The molecule has 0 radical (unpaired) electrons. The number of anilines is 1. The van der Waals surface area contributed by atoms with Crippen LogP contribution in [0.4, 0.5) is 5.69 Å². The molecule has 1 atom stereocenters. The third kappa shape index (κ3) is 3.44. The molecule has 0 fully saturated rings. The monoisotopic (exact) mass is 259 g/mol. The van der Waals surface area contributed by atoms with Crippen molar-refractivity contribution < 1.29 is 14.7 Å². The molecule has 1 amide bonds. The third-order valence-electron chi connectivity index (χ3n) is 3.30. The highest BCUT2D eigenvalue weighted by Crippen LogP contribution is 2.21. The van der Waals surface area contributed by atoms with E-state index in [1.54, 1.807) is 19.1 Å². The number of aryl methyl sites for hydroxylation is 1. The Bertz CT molecular complexity index is 534. The number of hydrogen-bond acceptors (Lipinski definition) is 2. The van der Waals surface area contributed by atoms with Gasteiger partial charge in [-0.15, -0.1) is 0 Å². The third-order valence-corrected chi connectivity index (χ3v) is 3.30. The minimum Gasteiger partial charge on any atom is -0.478 e. The molecule has 4 heteroatoms. The molecule has 100 valence electrons. The van der Waals surface area contributed by atoms with Crippen molar-refractivity contribution in [2.75, 3.05) is 5.32 Å². The Labute approximate surface area is 112 Å². The second kappa shape index (κ2) is 5.69. The quantitative estimate of drug-likeness (QED) is 0.817. The van der Waals surface area contributed by atoms with Crippen molar-refractivity contribution in [3.63, 3.8) is 0 Å². The van der Waals surface area contributed by atoms with Gasteiger partial charge in [-0.05, 0) is 49.4 Å². The lowest BCUT2D eigenvalue weighted by Gasteiger charge is -2.10.